The fourth-order valence-electron chi connectivity index (χ4n) is 1.94. The average Bonchev–Trinajstić information content (AvgIpc) is 1.72. The van der Waals surface area contributed by atoms with Crippen LogP contribution < -0.4 is 5.32 Å². The largest absolute Gasteiger partial charge is 0.471 e. The van der Waals surface area contributed by atoms with E-state index in [0.29, 0.717) is 5.92 Å². The lowest BCUT2D eigenvalue weighted by atomic mass is 9.50. The van der Waals surface area contributed by atoms with Gasteiger partial charge in [0.1, 0.15) is 0 Å². The van der Waals surface area contributed by atoms with Crippen molar-refractivity contribution in [2.45, 2.75) is 31.0 Å². The molecule has 0 radical (unpaired) electrons. The number of alkyl halides is 3. The second kappa shape index (κ2) is 1.95. The molecule has 0 spiro atoms. The molecule has 3 fully saturated rings. The lowest BCUT2D eigenvalue weighted by Crippen LogP contribution is -2.69. The van der Waals surface area contributed by atoms with Gasteiger partial charge in [-0.1, -0.05) is 0 Å². The molecule has 0 aromatic rings. The quantitative estimate of drug-likeness (QED) is 0.644. The average molecular weight is 179 g/mol. The van der Waals surface area contributed by atoms with Crippen LogP contribution >= 0.6 is 0 Å². The molecule has 12 heavy (non-hydrogen) atoms. The molecule has 1 N–H and O–H groups in total. The Morgan fingerprint density at radius 3 is 2.08 bits per heavy atom. The first-order valence-electron chi connectivity index (χ1n) is 3.81. The van der Waals surface area contributed by atoms with Gasteiger partial charge >= 0.3 is 12.1 Å². The maximum atomic E-state index is 11.7. The molecular weight excluding hydrogens is 171 g/mol. The molecule has 1 amide bonds. The van der Waals surface area contributed by atoms with Crippen LogP contribution in [-0.4, -0.2) is 17.6 Å². The SMILES string of the molecule is O=C(NC12CC(C1)C2)C(F)(F)F. The van der Waals surface area contributed by atoms with E-state index in [4.69, 9.17) is 0 Å². The summed E-state index contributed by atoms with van der Waals surface area (Å²) >= 11 is 0. The molecule has 0 aliphatic heterocycles. The highest BCUT2D eigenvalue weighted by Gasteiger charge is 2.59. The minimum Gasteiger partial charge on any atom is -0.343 e. The zero-order valence-electron chi connectivity index (χ0n) is 6.24. The van der Waals surface area contributed by atoms with E-state index in [0.717, 1.165) is 19.3 Å². The highest BCUT2D eigenvalue weighted by molar-refractivity contribution is 5.82. The number of hydrogen-bond acceptors (Lipinski definition) is 1. The zero-order valence-corrected chi connectivity index (χ0v) is 6.24. The first kappa shape index (κ1) is 7.89. The van der Waals surface area contributed by atoms with Crippen molar-refractivity contribution in [2.75, 3.05) is 0 Å². The predicted octanol–water partition coefficient (Wildman–Crippen LogP) is 1.22. The van der Waals surface area contributed by atoms with E-state index in [1.165, 1.54) is 0 Å². The Balaban J connectivity index is 1.91. The van der Waals surface area contributed by atoms with E-state index in [2.05, 4.69) is 0 Å². The van der Waals surface area contributed by atoms with Crippen molar-refractivity contribution in [2.24, 2.45) is 5.92 Å². The molecule has 0 heterocycles. The Hall–Kier alpha value is -0.740. The van der Waals surface area contributed by atoms with Gasteiger partial charge in [-0.05, 0) is 25.2 Å². The van der Waals surface area contributed by atoms with E-state index in [9.17, 15) is 18.0 Å². The molecule has 3 aliphatic rings. The fourth-order valence-corrected chi connectivity index (χ4v) is 1.94. The molecule has 0 unspecified atom stereocenters. The molecule has 0 aromatic carbocycles. The summed E-state index contributed by atoms with van der Waals surface area (Å²) in [5, 5.41) is 2.03. The monoisotopic (exact) mass is 179 g/mol. The minimum atomic E-state index is -4.73. The molecular formula is C7H8F3NO. The molecule has 3 aliphatic carbocycles. The number of carbonyl (C=O) groups is 1. The third kappa shape index (κ3) is 0.990. The number of carbonyl (C=O) groups excluding carboxylic acids is 1. The molecule has 0 aromatic heterocycles. The van der Waals surface area contributed by atoms with Crippen molar-refractivity contribution in [1.82, 2.24) is 5.32 Å². The lowest BCUT2D eigenvalue weighted by molar-refractivity contribution is -0.183. The van der Waals surface area contributed by atoms with Crippen molar-refractivity contribution in [3.63, 3.8) is 0 Å². The summed E-state index contributed by atoms with van der Waals surface area (Å²) in [5.74, 6) is -1.22. The topological polar surface area (TPSA) is 29.1 Å². The maximum Gasteiger partial charge on any atom is 0.471 e. The number of halogens is 3. The Morgan fingerprint density at radius 2 is 1.83 bits per heavy atom. The van der Waals surface area contributed by atoms with Crippen LogP contribution in [-0.2, 0) is 4.79 Å². The van der Waals surface area contributed by atoms with Gasteiger partial charge in [-0.25, -0.2) is 0 Å². The zero-order chi connectivity index (χ0) is 8.98. The van der Waals surface area contributed by atoms with Gasteiger partial charge in [-0.2, -0.15) is 13.2 Å². The van der Waals surface area contributed by atoms with E-state index >= 15 is 0 Å². The van der Waals surface area contributed by atoms with E-state index < -0.39 is 17.6 Å². The van der Waals surface area contributed by atoms with Gasteiger partial charge in [0.05, 0.1) is 0 Å². The molecule has 5 heteroatoms. The number of rotatable bonds is 1. The third-order valence-corrected chi connectivity index (χ3v) is 2.67. The third-order valence-electron chi connectivity index (χ3n) is 2.67. The molecule has 68 valence electrons. The minimum absolute atomic E-state index is 0.475. The maximum absolute atomic E-state index is 11.7. The first-order valence-corrected chi connectivity index (χ1v) is 3.81. The van der Waals surface area contributed by atoms with Crippen LogP contribution in [0.15, 0.2) is 0 Å². The van der Waals surface area contributed by atoms with Gasteiger partial charge in [-0.3, -0.25) is 4.79 Å². The van der Waals surface area contributed by atoms with Crippen LogP contribution in [0, 0.1) is 5.92 Å². The van der Waals surface area contributed by atoms with Crippen molar-refractivity contribution >= 4 is 5.91 Å². The van der Waals surface area contributed by atoms with E-state index in [-0.39, 0.29) is 0 Å². The normalized spacial score (nSPS) is 38.1. The summed E-state index contributed by atoms with van der Waals surface area (Å²) in [7, 11) is 0. The highest BCUT2D eigenvalue weighted by Crippen LogP contribution is 2.57. The lowest BCUT2D eigenvalue weighted by Gasteiger charge is -2.61. The van der Waals surface area contributed by atoms with E-state index in [1.807, 2.05) is 5.32 Å². The van der Waals surface area contributed by atoms with Crippen molar-refractivity contribution < 1.29 is 18.0 Å². The first-order chi connectivity index (χ1) is 5.41. The summed E-state index contributed by atoms with van der Waals surface area (Å²) < 4.78 is 35.2. The number of amides is 1. The Bertz CT molecular complexity index is 218. The van der Waals surface area contributed by atoms with Gasteiger partial charge in [-0.15, -0.1) is 0 Å². The van der Waals surface area contributed by atoms with Gasteiger partial charge < -0.3 is 5.32 Å². The summed E-state index contributed by atoms with van der Waals surface area (Å²) in [5.41, 5.74) is -0.475. The second-order valence-electron chi connectivity index (χ2n) is 3.71. The van der Waals surface area contributed by atoms with Crippen molar-refractivity contribution in [3.8, 4) is 0 Å². The van der Waals surface area contributed by atoms with Crippen molar-refractivity contribution in [3.05, 3.63) is 0 Å². The standard InChI is InChI=1S/C7H8F3NO/c8-7(9,10)5(12)11-6-1-4(2-6)3-6/h4H,1-3H2,(H,11,12). The molecule has 0 saturated heterocycles. The Kier molecular flexibility index (Phi) is 1.28. The van der Waals surface area contributed by atoms with Crippen LogP contribution in [0.4, 0.5) is 13.2 Å². The number of hydrogen-bond donors (Lipinski definition) is 1. The Labute approximate surface area is 67.1 Å². The molecule has 3 saturated carbocycles. The van der Waals surface area contributed by atoms with Gasteiger partial charge in [0.2, 0.25) is 0 Å². The van der Waals surface area contributed by atoms with Crippen LogP contribution in [0.25, 0.3) is 0 Å². The van der Waals surface area contributed by atoms with Gasteiger partial charge in [0.15, 0.2) is 0 Å². The summed E-state index contributed by atoms with van der Waals surface area (Å²) in [6, 6.07) is 0. The summed E-state index contributed by atoms with van der Waals surface area (Å²) in [6.07, 6.45) is -2.53. The molecule has 2 nitrogen and oxygen atoms in total. The van der Waals surface area contributed by atoms with Gasteiger partial charge in [0, 0.05) is 5.54 Å². The fraction of sp³-hybridized carbons (Fsp3) is 0.857. The highest BCUT2D eigenvalue weighted by atomic mass is 19.4. The van der Waals surface area contributed by atoms with Crippen LogP contribution in [0.2, 0.25) is 0 Å². The molecule has 2 bridgehead atoms. The van der Waals surface area contributed by atoms with Crippen LogP contribution in [0.3, 0.4) is 0 Å². The van der Waals surface area contributed by atoms with Crippen molar-refractivity contribution in [1.29, 1.82) is 0 Å². The van der Waals surface area contributed by atoms with E-state index in [1.54, 1.807) is 0 Å². The predicted molar refractivity (Wildman–Crippen MR) is 34.3 cm³/mol. The molecule has 3 rings (SSSR count). The smallest absolute Gasteiger partial charge is 0.343 e. The summed E-state index contributed by atoms with van der Waals surface area (Å²) in [6.45, 7) is 0. The summed E-state index contributed by atoms with van der Waals surface area (Å²) in [4.78, 5) is 10.5. The molecule has 0 atom stereocenters. The van der Waals surface area contributed by atoms with Crippen LogP contribution in [0.1, 0.15) is 19.3 Å². The number of nitrogens with one attached hydrogen (secondary N) is 1. The Morgan fingerprint density at radius 1 is 1.33 bits per heavy atom. The van der Waals surface area contributed by atoms with Gasteiger partial charge in [0.25, 0.3) is 0 Å². The van der Waals surface area contributed by atoms with Crippen LogP contribution in [0.5, 0.6) is 0 Å². The second-order valence-corrected chi connectivity index (χ2v) is 3.71.